The molecule has 0 nitrogen and oxygen atoms in total. The number of hydrogen-bond donors (Lipinski definition) is 0. The number of allylic oxidation sites excluding steroid dienone is 4. The fraction of sp³-hybridized carbons (Fsp3) is 0.333. The summed E-state index contributed by atoms with van der Waals surface area (Å²) in [5.41, 5.74) is 0. The van der Waals surface area contributed by atoms with Gasteiger partial charge in [-0.05, 0) is 13.8 Å². The molecule has 0 saturated carbocycles. The largest absolute Gasteiger partial charge is 0.0831 e. The first-order valence-corrected chi connectivity index (χ1v) is 3.12. The molecule has 0 aliphatic heterocycles. The number of halogens is 2. The van der Waals surface area contributed by atoms with Crippen LogP contribution in [0, 0.1) is 0 Å². The van der Waals surface area contributed by atoms with E-state index in [0.29, 0.717) is 10.1 Å². The van der Waals surface area contributed by atoms with Gasteiger partial charge in [0.1, 0.15) is 0 Å². The van der Waals surface area contributed by atoms with Crippen molar-refractivity contribution >= 4 is 23.2 Å². The van der Waals surface area contributed by atoms with Crippen LogP contribution in [-0.4, -0.2) is 0 Å². The molecule has 0 aromatic carbocycles. The Morgan fingerprint density at radius 2 is 1.25 bits per heavy atom. The molecule has 0 atom stereocenters. The van der Waals surface area contributed by atoms with Crippen molar-refractivity contribution in [2.24, 2.45) is 0 Å². The van der Waals surface area contributed by atoms with Crippen LogP contribution < -0.4 is 0 Å². The molecule has 0 aliphatic carbocycles. The minimum absolute atomic E-state index is 0.606. The molecule has 0 heterocycles. The van der Waals surface area contributed by atoms with Crippen LogP contribution in [0.1, 0.15) is 13.8 Å². The molecule has 0 saturated heterocycles. The predicted molar refractivity (Wildman–Crippen MR) is 39.2 cm³/mol. The summed E-state index contributed by atoms with van der Waals surface area (Å²) >= 11 is 11.2. The Balaban J connectivity index is 4.04. The van der Waals surface area contributed by atoms with Crippen molar-refractivity contribution in [3.8, 4) is 0 Å². The van der Waals surface area contributed by atoms with E-state index in [0.717, 1.165) is 0 Å². The molecule has 0 unspecified atom stereocenters. The quantitative estimate of drug-likeness (QED) is 0.504. The summed E-state index contributed by atoms with van der Waals surface area (Å²) in [5, 5.41) is 1.21. The Bertz CT molecular complexity index is 106. The maximum absolute atomic E-state index is 5.58. The zero-order valence-electron chi connectivity index (χ0n) is 4.91. The third-order valence-electron chi connectivity index (χ3n) is 0.735. The first-order valence-electron chi connectivity index (χ1n) is 2.36. The second-order valence-corrected chi connectivity index (χ2v) is 2.09. The fourth-order valence-electron chi connectivity index (χ4n) is 0.276. The molecular formula is C6H8Cl2. The van der Waals surface area contributed by atoms with Crippen LogP contribution in [0.3, 0.4) is 0 Å². The Morgan fingerprint density at radius 1 is 1.00 bits per heavy atom. The van der Waals surface area contributed by atoms with Crippen LogP contribution in [0.15, 0.2) is 22.2 Å². The van der Waals surface area contributed by atoms with Gasteiger partial charge in [0.2, 0.25) is 0 Å². The molecule has 0 aromatic rings. The summed E-state index contributed by atoms with van der Waals surface area (Å²) in [6, 6.07) is 0. The van der Waals surface area contributed by atoms with Gasteiger partial charge in [0, 0.05) is 0 Å². The zero-order valence-corrected chi connectivity index (χ0v) is 6.42. The lowest BCUT2D eigenvalue weighted by molar-refractivity contribution is 1.62. The lowest BCUT2D eigenvalue weighted by Crippen LogP contribution is -1.66. The van der Waals surface area contributed by atoms with E-state index >= 15 is 0 Å². The van der Waals surface area contributed by atoms with E-state index in [1.54, 1.807) is 12.2 Å². The minimum atomic E-state index is 0.606. The van der Waals surface area contributed by atoms with Gasteiger partial charge in [0.25, 0.3) is 0 Å². The fourth-order valence-corrected chi connectivity index (χ4v) is 0.494. The Morgan fingerprint density at radius 3 is 1.38 bits per heavy atom. The van der Waals surface area contributed by atoms with Gasteiger partial charge in [0.15, 0.2) is 0 Å². The molecule has 0 rings (SSSR count). The van der Waals surface area contributed by atoms with Crippen LogP contribution in [0.25, 0.3) is 0 Å². The molecule has 0 fully saturated rings. The highest BCUT2D eigenvalue weighted by molar-refractivity contribution is 6.43. The normalized spacial score (nSPS) is 14.5. The van der Waals surface area contributed by atoms with Gasteiger partial charge in [-0.3, -0.25) is 0 Å². The molecule has 0 radical (unpaired) electrons. The van der Waals surface area contributed by atoms with E-state index in [1.165, 1.54) is 0 Å². The van der Waals surface area contributed by atoms with Gasteiger partial charge in [0.05, 0.1) is 10.1 Å². The van der Waals surface area contributed by atoms with Crippen molar-refractivity contribution in [2.45, 2.75) is 13.8 Å². The maximum atomic E-state index is 5.58. The molecule has 2 heteroatoms. The van der Waals surface area contributed by atoms with Crippen LogP contribution >= 0.6 is 23.2 Å². The molecule has 0 N–H and O–H groups in total. The second kappa shape index (κ2) is 3.99. The van der Waals surface area contributed by atoms with E-state index in [2.05, 4.69) is 0 Å². The summed E-state index contributed by atoms with van der Waals surface area (Å²) in [7, 11) is 0. The second-order valence-electron chi connectivity index (χ2n) is 1.27. The summed E-state index contributed by atoms with van der Waals surface area (Å²) in [6.07, 6.45) is 3.51. The monoisotopic (exact) mass is 150 g/mol. The third-order valence-corrected chi connectivity index (χ3v) is 1.68. The zero-order chi connectivity index (χ0) is 6.57. The molecule has 8 heavy (non-hydrogen) atoms. The van der Waals surface area contributed by atoms with Crippen molar-refractivity contribution in [3.63, 3.8) is 0 Å². The molecule has 0 aromatic heterocycles. The van der Waals surface area contributed by atoms with E-state index < -0.39 is 0 Å². The summed E-state index contributed by atoms with van der Waals surface area (Å²) in [6.45, 7) is 3.68. The van der Waals surface area contributed by atoms with E-state index in [4.69, 9.17) is 23.2 Å². The molecular weight excluding hydrogens is 143 g/mol. The standard InChI is InChI=1S/C6H8Cl2/c1-3-5(7)6(8)4-2/h3-4H,1-2H3/b5-3+,6-4+. The van der Waals surface area contributed by atoms with Gasteiger partial charge < -0.3 is 0 Å². The van der Waals surface area contributed by atoms with Crippen molar-refractivity contribution in [2.75, 3.05) is 0 Å². The van der Waals surface area contributed by atoms with Gasteiger partial charge >= 0.3 is 0 Å². The highest BCUT2D eigenvalue weighted by atomic mass is 35.5. The lowest BCUT2D eigenvalue weighted by Gasteiger charge is -1.89. The molecule has 0 bridgehead atoms. The van der Waals surface area contributed by atoms with Gasteiger partial charge in [-0.1, -0.05) is 35.4 Å². The highest BCUT2D eigenvalue weighted by Crippen LogP contribution is 2.17. The maximum Gasteiger partial charge on any atom is 0.0546 e. The number of rotatable bonds is 1. The number of hydrogen-bond acceptors (Lipinski definition) is 0. The summed E-state index contributed by atoms with van der Waals surface area (Å²) < 4.78 is 0. The molecule has 0 spiro atoms. The topological polar surface area (TPSA) is 0 Å². The van der Waals surface area contributed by atoms with Crippen molar-refractivity contribution < 1.29 is 0 Å². The van der Waals surface area contributed by atoms with Crippen LogP contribution in [-0.2, 0) is 0 Å². The Labute approximate surface area is 59.8 Å². The van der Waals surface area contributed by atoms with Gasteiger partial charge in [-0.15, -0.1) is 0 Å². The van der Waals surface area contributed by atoms with Crippen LogP contribution in [0.5, 0.6) is 0 Å². The van der Waals surface area contributed by atoms with Crippen molar-refractivity contribution in [1.82, 2.24) is 0 Å². The van der Waals surface area contributed by atoms with Crippen LogP contribution in [0.2, 0.25) is 0 Å². The predicted octanol–water partition coefficient (Wildman–Crippen LogP) is 3.27. The van der Waals surface area contributed by atoms with E-state index in [-0.39, 0.29) is 0 Å². The highest BCUT2D eigenvalue weighted by Gasteiger charge is 1.91. The third kappa shape index (κ3) is 2.39. The smallest absolute Gasteiger partial charge is 0.0546 e. The van der Waals surface area contributed by atoms with Gasteiger partial charge in [-0.2, -0.15) is 0 Å². The van der Waals surface area contributed by atoms with Gasteiger partial charge in [-0.25, -0.2) is 0 Å². The van der Waals surface area contributed by atoms with E-state index in [9.17, 15) is 0 Å². The summed E-state index contributed by atoms with van der Waals surface area (Å²) in [4.78, 5) is 0. The molecule has 0 aliphatic rings. The summed E-state index contributed by atoms with van der Waals surface area (Å²) in [5.74, 6) is 0. The van der Waals surface area contributed by atoms with Crippen molar-refractivity contribution in [3.05, 3.63) is 22.2 Å². The van der Waals surface area contributed by atoms with Crippen molar-refractivity contribution in [1.29, 1.82) is 0 Å². The SMILES string of the molecule is C/C=C(Cl)\C(Cl)=C/C. The molecule has 46 valence electrons. The lowest BCUT2D eigenvalue weighted by atomic mass is 10.4. The first kappa shape index (κ1) is 8.06. The van der Waals surface area contributed by atoms with Crippen LogP contribution in [0.4, 0.5) is 0 Å². The molecule has 0 amide bonds. The average Bonchev–Trinajstić information content (AvgIpc) is 1.84. The van der Waals surface area contributed by atoms with E-state index in [1.807, 2.05) is 13.8 Å². The minimum Gasteiger partial charge on any atom is -0.0831 e. The Kier molecular flexibility index (Phi) is 4.02. The Hall–Kier alpha value is 0.0600. The first-order chi connectivity index (χ1) is 3.72. The average molecular weight is 151 g/mol.